The van der Waals surface area contributed by atoms with E-state index in [-0.39, 0.29) is 12.7 Å². The number of para-hydroxylation sites is 1. The molecule has 1 heterocycles. The van der Waals surface area contributed by atoms with Crippen LogP contribution in [0, 0.1) is 6.92 Å². The van der Waals surface area contributed by atoms with Gasteiger partial charge in [-0.1, -0.05) is 18.2 Å². The number of halogens is 1. The standard InChI is InChI=1S/C12H15FN2/c1-8-12(10(14)6-7-13)9-4-2-3-5-11(9)15-8/h2-5,10,15H,6-7,14H2,1H3/t10-/m0/s1. The molecule has 0 saturated heterocycles. The molecule has 0 amide bonds. The first-order valence-electron chi connectivity index (χ1n) is 5.12. The summed E-state index contributed by atoms with van der Waals surface area (Å²) in [5.41, 5.74) is 9.11. The first-order valence-corrected chi connectivity index (χ1v) is 5.12. The lowest BCUT2D eigenvalue weighted by Gasteiger charge is -2.09. The monoisotopic (exact) mass is 206 g/mol. The van der Waals surface area contributed by atoms with E-state index in [0.29, 0.717) is 6.42 Å². The largest absolute Gasteiger partial charge is 0.358 e. The summed E-state index contributed by atoms with van der Waals surface area (Å²) in [6.07, 6.45) is 0.378. The highest BCUT2D eigenvalue weighted by atomic mass is 19.1. The van der Waals surface area contributed by atoms with Gasteiger partial charge in [-0.2, -0.15) is 0 Å². The second kappa shape index (κ2) is 4.03. The SMILES string of the molecule is Cc1[nH]c2ccccc2c1[C@@H](N)CCF. The minimum Gasteiger partial charge on any atom is -0.358 e. The minimum atomic E-state index is -0.375. The minimum absolute atomic E-state index is 0.217. The van der Waals surface area contributed by atoms with Crippen LogP contribution in [0.5, 0.6) is 0 Å². The summed E-state index contributed by atoms with van der Waals surface area (Å²) in [5, 5.41) is 1.11. The van der Waals surface area contributed by atoms with Gasteiger partial charge in [-0.3, -0.25) is 4.39 Å². The van der Waals surface area contributed by atoms with E-state index in [1.807, 2.05) is 31.2 Å². The van der Waals surface area contributed by atoms with Gasteiger partial charge >= 0.3 is 0 Å². The summed E-state index contributed by atoms with van der Waals surface area (Å²) in [6.45, 7) is 1.60. The van der Waals surface area contributed by atoms with Crippen molar-refractivity contribution in [1.82, 2.24) is 4.98 Å². The van der Waals surface area contributed by atoms with Gasteiger partial charge < -0.3 is 10.7 Å². The smallest absolute Gasteiger partial charge is 0.0912 e. The maximum Gasteiger partial charge on any atom is 0.0912 e. The first kappa shape index (κ1) is 10.2. The molecule has 2 rings (SSSR count). The van der Waals surface area contributed by atoms with Gasteiger partial charge in [0.05, 0.1) is 6.67 Å². The number of aromatic nitrogens is 1. The van der Waals surface area contributed by atoms with Crippen molar-refractivity contribution in [3.05, 3.63) is 35.5 Å². The maximum atomic E-state index is 12.3. The molecule has 0 bridgehead atoms. The molecule has 2 nitrogen and oxygen atoms in total. The molecular formula is C12H15FN2. The van der Waals surface area contributed by atoms with Crippen LogP contribution < -0.4 is 5.73 Å². The van der Waals surface area contributed by atoms with E-state index < -0.39 is 0 Å². The number of alkyl halides is 1. The third kappa shape index (κ3) is 1.75. The van der Waals surface area contributed by atoms with Crippen molar-refractivity contribution in [2.75, 3.05) is 6.67 Å². The summed E-state index contributed by atoms with van der Waals surface area (Å²) in [7, 11) is 0. The van der Waals surface area contributed by atoms with Crippen LogP contribution in [0.1, 0.15) is 23.7 Å². The summed E-state index contributed by atoms with van der Waals surface area (Å²) in [4.78, 5) is 3.26. The third-order valence-corrected chi connectivity index (χ3v) is 2.73. The van der Waals surface area contributed by atoms with Gasteiger partial charge in [0.2, 0.25) is 0 Å². The molecule has 1 atom stereocenters. The van der Waals surface area contributed by atoms with E-state index in [1.165, 1.54) is 0 Å². The molecule has 0 radical (unpaired) electrons. The van der Waals surface area contributed by atoms with Crippen molar-refractivity contribution >= 4 is 10.9 Å². The van der Waals surface area contributed by atoms with Crippen LogP contribution in [0.25, 0.3) is 10.9 Å². The van der Waals surface area contributed by atoms with Crippen molar-refractivity contribution in [3.8, 4) is 0 Å². The molecule has 0 aliphatic carbocycles. The van der Waals surface area contributed by atoms with Gasteiger partial charge in [0.25, 0.3) is 0 Å². The lowest BCUT2D eigenvalue weighted by Crippen LogP contribution is -2.11. The Morgan fingerprint density at radius 2 is 2.13 bits per heavy atom. The number of hydrogen-bond acceptors (Lipinski definition) is 1. The number of nitrogens with two attached hydrogens (primary N) is 1. The summed E-state index contributed by atoms with van der Waals surface area (Å²) in [5.74, 6) is 0. The molecular weight excluding hydrogens is 191 g/mol. The van der Waals surface area contributed by atoms with Crippen molar-refractivity contribution in [2.24, 2.45) is 5.73 Å². The second-order valence-corrected chi connectivity index (χ2v) is 3.79. The molecule has 0 aliphatic rings. The highest BCUT2D eigenvalue weighted by molar-refractivity contribution is 5.85. The fraction of sp³-hybridized carbons (Fsp3) is 0.333. The molecule has 0 unspecified atom stereocenters. The van der Waals surface area contributed by atoms with Crippen molar-refractivity contribution in [1.29, 1.82) is 0 Å². The average molecular weight is 206 g/mol. The van der Waals surface area contributed by atoms with Gasteiger partial charge in [0.1, 0.15) is 0 Å². The maximum absolute atomic E-state index is 12.3. The number of nitrogens with one attached hydrogen (secondary N) is 1. The molecule has 0 spiro atoms. The van der Waals surface area contributed by atoms with E-state index in [9.17, 15) is 4.39 Å². The third-order valence-electron chi connectivity index (χ3n) is 2.73. The summed E-state index contributed by atoms with van der Waals surface area (Å²) in [6, 6.07) is 7.76. The number of benzene rings is 1. The molecule has 0 fully saturated rings. The van der Waals surface area contributed by atoms with Crippen LogP contribution in [-0.4, -0.2) is 11.7 Å². The van der Waals surface area contributed by atoms with Gasteiger partial charge in [0, 0.05) is 22.6 Å². The molecule has 2 aromatic rings. The number of hydrogen-bond donors (Lipinski definition) is 2. The Labute approximate surface area is 88.3 Å². The quantitative estimate of drug-likeness (QED) is 0.796. The highest BCUT2D eigenvalue weighted by Crippen LogP contribution is 2.27. The summed E-state index contributed by atoms with van der Waals surface area (Å²) < 4.78 is 12.3. The van der Waals surface area contributed by atoms with Crippen molar-refractivity contribution < 1.29 is 4.39 Å². The second-order valence-electron chi connectivity index (χ2n) is 3.79. The van der Waals surface area contributed by atoms with Gasteiger partial charge in [-0.15, -0.1) is 0 Å². The Morgan fingerprint density at radius 3 is 2.87 bits per heavy atom. The zero-order valence-electron chi connectivity index (χ0n) is 8.76. The number of rotatable bonds is 3. The van der Waals surface area contributed by atoms with Gasteiger partial charge in [-0.05, 0) is 25.0 Å². The normalized spacial score (nSPS) is 13.3. The highest BCUT2D eigenvalue weighted by Gasteiger charge is 2.14. The van der Waals surface area contributed by atoms with Crippen LogP contribution in [0.3, 0.4) is 0 Å². The molecule has 1 aromatic heterocycles. The lowest BCUT2D eigenvalue weighted by molar-refractivity contribution is 0.442. The van der Waals surface area contributed by atoms with E-state index >= 15 is 0 Å². The number of aryl methyl sites for hydroxylation is 1. The van der Waals surface area contributed by atoms with E-state index in [2.05, 4.69) is 4.98 Å². The Bertz CT molecular complexity index is 462. The van der Waals surface area contributed by atoms with E-state index in [4.69, 9.17) is 5.73 Å². The fourth-order valence-electron chi connectivity index (χ4n) is 2.04. The van der Waals surface area contributed by atoms with Crippen molar-refractivity contribution in [2.45, 2.75) is 19.4 Å². The van der Waals surface area contributed by atoms with E-state index in [0.717, 1.165) is 22.2 Å². The molecule has 80 valence electrons. The molecule has 3 N–H and O–H groups in total. The van der Waals surface area contributed by atoms with Crippen LogP contribution in [0.4, 0.5) is 4.39 Å². The predicted octanol–water partition coefficient (Wildman–Crippen LogP) is 2.84. The molecule has 3 heteroatoms. The average Bonchev–Trinajstić information content (AvgIpc) is 2.54. The first-order chi connectivity index (χ1) is 7.24. The number of H-pyrrole nitrogens is 1. The Morgan fingerprint density at radius 1 is 1.40 bits per heavy atom. The van der Waals surface area contributed by atoms with Crippen LogP contribution >= 0.6 is 0 Å². The van der Waals surface area contributed by atoms with Crippen LogP contribution in [0.2, 0.25) is 0 Å². The van der Waals surface area contributed by atoms with Gasteiger partial charge in [-0.25, -0.2) is 0 Å². The number of fused-ring (bicyclic) bond motifs is 1. The fourth-order valence-corrected chi connectivity index (χ4v) is 2.04. The summed E-state index contributed by atoms with van der Waals surface area (Å²) >= 11 is 0. The van der Waals surface area contributed by atoms with E-state index in [1.54, 1.807) is 0 Å². The van der Waals surface area contributed by atoms with Gasteiger partial charge in [0.15, 0.2) is 0 Å². The molecule has 0 saturated carbocycles. The van der Waals surface area contributed by atoms with Crippen molar-refractivity contribution in [3.63, 3.8) is 0 Å². The molecule has 15 heavy (non-hydrogen) atoms. The zero-order chi connectivity index (χ0) is 10.8. The number of aromatic amines is 1. The predicted molar refractivity (Wildman–Crippen MR) is 60.6 cm³/mol. The zero-order valence-corrected chi connectivity index (χ0v) is 8.76. The molecule has 0 aliphatic heterocycles. The Balaban J connectivity index is 2.53. The van der Waals surface area contributed by atoms with Crippen LogP contribution in [-0.2, 0) is 0 Å². The Hall–Kier alpha value is -1.35. The lowest BCUT2D eigenvalue weighted by atomic mass is 10.0. The van der Waals surface area contributed by atoms with Crippen LogP contribution in [0.15, 0.2) is 24.3 Å². The Kier molecular flexibility index (Phi) is 2.73. The molecule has 1 aromatic carbocycles. The topological polar surface area (TPSA) is 41.8 Å².